The van der Waals surface area contributed by atoms with Gasteiger partial charge in [-0.25, -0.2) is 4.57 Å². The molecule has 4 N–H and O–H groups in total. The summed E-state index contributed by atoms with van der Waals surface area (Å²) in [6, 6.07) is -1.53. The minimum Gasteiger partial charge on any atom is -0.480 e. The summed E-state index contributed by atoms with van der Waals surface area (Å²) >= 11 is 0. The Labute approximate surface area is 363 Å². The summed E-state index contributed by atoms with van der Waals surface area (Å²) in [5.41, 5.74) is 5.34. The third-order valence-corrected chi connectivity index (χ3v) is 10.4. The summed E-state index contributed by atoms with van der Waals surface area (Å²) in [4.78, 5) is 46.0. The normalized spacial score (nSPS) is 14.3. The van der Waals surface area contributed by atoms with E-state index >= 15 is 0 Å². The van der Waals surface area contributed by atoms with E-state index in [2.05, 4.69) is 91.3 Å². The van der Waals surface area contributed by atoms with Crippen LogP contribution in [0.4, 0.5) is 0 Å². The summed E-state index contributed by atoms with van der Waals surface area (Å²) in [7, 11) is -4.73. The average Bonchev–Trinajstić information content (AvgIpc) is 3.22. The van der Waals surface area contributed by atoms with Crippen LogP contribution in [0.2, 0.25) is 0 Å². The molecular weight excluding hydrogens is 781 g/mol. The van der Waals surface area contributed by atoms with E-state index in [1.165, 1.54) is 57.8 Å². The van der Waals surface area contributed by atoms with Crippen molar-refractivity contribution in [1.82, 2.24) is 0 Å². The summed E-state index contributed by atoms with van der Waals surface area (Å²) in [6.07, 6.45) is 51.0. The molecule has 0 saturated carbocycles. The van der Waals surface area contributed by atoms with Gasteiger partial charge in [-0.2, -0.15) is 0 Å². The number of phosphoric acid groups is 1. The molecule has 0 aromatic carbocycles. The first-order valence-electron chi connectivity index (χ1n) is 23.0. The Morgan fingerprint density at radius 3 is 1.40 bits per heavy atom. The van der Waals surface area contributed by atoms with Gasteiger partial charge in [-0.3, -0.25) is 23.4 Å². The number of aliphatic carboxylic acids is 1. The summed E-state index contributed by atoms with van der Waals surface area (Å²) < 4.78 is 32.7. The number of rotatable bonds is 42. The van der Waals surface area contributed by atoms with Gasteiger partial charge < -0.3 is 25.2 Å². The topological polar surface area (TPSA) is 172 Å². The molecule has 3 atom stereocenters. The van der Waals surface area contributed by atoms with Gasteiger partial charge in [0.05, 0.1) is 13.2 Å². The lowest BCUT2D eigenvalue weighted by Crippen LogP contribution is -2.34. The van der Waals surface area contributed by atoms with Crippen LogP contribution in [0, 0.1) is 0 Å². The second-order valence-corrected chi connectivity index (χ2v) is 16.6. The van der Waals surface area contributed by atoms with Crippen molar-refractivity contribution < 1.29 is 47.5 Å². The second-order valence-electron chi connectivity index (χ2n) is 15.1. The van der Waals surface area contributed by atoms with E-state index in [0.717, 1.165) is 83.5 Å². The van der Waals surface area contributed by atoms with Crippen molar-refractivity contribution in [3.63, 3.8) is 0 Å². The van der Waals surface area contributed by atoms with Crippen molar-refractivity contribution >= 4 is 25.7 Å². The van der Waals surface area contributed by atoms with Crippen LogP contribution in [0.1, 0.15) is 181 Å². The molecule has 0 aliphatic rings. The number of esters is 2. The Bertz CT molecular complexity index is 1290. The van der Waals surface area contributed by atoms with E-state index in [4.69, 9.17) is 24.8 Å². The predicted molar refractivity (Wildman–Crippen MR) is 244 cm³/mol. The molecule has 0 heterocycles. The molecule has 0 radical (unpaired) electrons. The number of unbranched alkanes of at least 4 members (excludes halogenated alkanes) is 16. The second kappa shape index (κ2) is 42.6. The molecule has 11 nitrogen and oxygen atoms in total. The number of hydrogen-bond donors (Lipinski definition) is 3. The number of phosphoric ester groups is 1. The van der Waals surface area contributed by atoms with Gasteiger partial charge in [0.15, 0.2) is 6.10 Å². The SMILES string of the molecule is CC/C=C\C/C=C\C/C=C\C/C=C\CCCCCCC(=O)OC[C@H](COP(=O)(O)OC[C@H](N)C(=O)O)OC(=O)CCCCCCCCCCC/C=C\C/C=C\CCCCC. The monoisotopic (exact) mass is 864 g/mol. The van der Waals surface area contributed by atoms with E-state index in [0.29, 0.717) is 12.8 Å². The lowest BCUT2D eigenvalue weighted by atomic mass is 10.1. The fourth-order valence-electron chi connectivity index (χ4n) is 5.85. The van der Waals surface area contributed by atoms with Crippen molar-refractivity contribution in [2.45, 2.75) is 193 Å². The molecule has 0 aromatic rings. The smallest absolute Gasteiger partial charge is 0.472 e. The predicted octanol–water partition coefficient (Wildman–Crippen LogP) is 12.5. The molecule has 0 aromatic heterocycles. The standard InChI is InChI=1S/C48H82NO10P/c1-3-5-7-9-11-13-15-17-19-21-22-24-26-28-30-32-34-36-38-40-47(51)59-44(42-57-60(54,55)58-43-45(49)48(52)53)41-56-46(50)39-37-35-33-31-29-27-25-23-20-18-16-14-12-10-8-6-4-2/h6,8,11-14,17-20,25,27,44-45H,3-5,7,9-10,15-16,21-24,26,28-43,49H2,1-2H3,(H,52,53)(H,54,55)/b8-6-,13-11-,14-12-,19-17-,20-18-,27-25-/t44-,45+/m1/s1. The minimum absolute atomic E-state index is 0.147. The Balaban J connectivity index is 4.38. The van der Waals surface area contributed by atoms with Crippen molar-refractivity contribution in [2.24, 2.45) is 5.73 Å². The summed E-state index contributed by atoms with van der Waals surface area (Å²) in [5, 5.41) is 8.90. The zero-order valence-electron chi connectivity index (χ0n) is 37.3. The number of carboxylic acids is 1. The van der Waals surface area contributed by atoms with E-state index in [9.17, 15) is 23.8 Å². The van der Waals surface area contributed by atoms with Crippen LogP contribution in [0.15, 0.2) is 72.9 Å². The molecule has 344 valence electrons. The van der Waals surface area contributed by atoms with Crippen molar-refractivity contribution in [2.75, 3.05) is 19.8 Å². The highest BCUT2D eigenvalue weighted by Crippen LogP contribution is 2.43. The van der Waals surface area contributed by atoms with Gasteiger partial charge in [0.2, 0.25) is 0 Å². The maximum atomic E-state index is 12.7. The fraction of sp³-hybridized carbons (Fsp3) is 0.688. The zero-order chi connectivity index (χ0) is 44.2. The number of nitrogens with two attached hydrogens (primary N) is 1. The molecule has 0 fully saturated rings. The Morgan fingerprint density at radius 1 is 0.533 bits per heavy atom. The molecule has 0 amide bonds. The first kappa shape index (κ1) is 56.9. The van der Waals surface area contributed by atoms with Gasteiger partial charge in [0.25, 0.3) is 0 Å². The highest BCUT2D eigenvalue weighted by atomic mass is 31.2. The molecule has 12 heteroatoms. The van der Waals surface area contributed by atoms with E-state index in [-0.39, 0.29) is 19.4 Å². The number of allylic oxidation sites excluding steroid dienone is 12. The molecule has 0 saturated heterocycles. The Morgan fingerprint density at radius 2 is 0.933 bits per heavy atom. The quantitative estimate of drug-likeness (QED) is 0.0231. The summed E-state index contributed by atoms with van der Waals surface area (Å²) in [5.74, 6) is -2.42. The van der Waals surface area contributed by atoms with Crippen LogP contribution in [0.3, 0.4) is 0 Å². The lowest BCUT2D eigenvalue weighted by molar-refractivity contribution is -0.161. The highest BCUT2D eigenvalue weighted by molar-refractivity contribution is 7.47. The highest BCUT2D eigenvalue weighted by Gasteiger charge is 2.28. The van der Waals surface area contributed by atoms with Crippen LogP contribution in [0.5, 0.6) is 0 Å². The number of hydrogen-bond acceptors (Lipinski definition) is 9. The van der Waals surface area contributed by atoms with E-state index in [1.807, 2.05) is 0 Å². The van der Waals surface area contributed by atoms with E-state index < -0.39 is 51.1 Å². The number of carboxylic acid groups (broad SMARTS) is 1. The van der Waals surface area contributed by atoms with Crippen molar-refractivity contribution in [1.29, 1.82) is 0 Å². The molecule has 0 aliphatic carbocycles. The van der Waals surface area contributed by atoms with Gasteiger partial charge in [-0.05, 0) is 83.5 Å². The average molecular weight is 864 g/mol. The first-order chi connectivity index (χ1) is 29.1. The Kier molecular flexibility index (Phi) is 40.4. The van der Waals surface area contributed by atoms with Crippen LogP contribution in [0.25, 0.3) is 0 Å². The van der Waals surface area contributed by atoms with Crippen LogP contribution < -0.4 is 5.73 Å². The summed E-state index contributed by atoms with van der Waals surface area (Å²) in [6.45, 7) is 2.63. The third kappa shape index (κ3) is 41.6. The maximum absolute atomic E-state index is 12.7. The van der Waals surface area contributed by atoms with Crippen molar-refractivity contribution in [3.05, 3.63) is 72.9 Å². The van der Waals surface area contributed by atoms with Crippen LogP contribution in [-0.2, 0) is 37.5 Å². The number of ether oxygens (including phenoxy) is 2. The fourth-order valence-corrected chi connectivity index (χ4v) is 6.63. The van der Waals surface area contributed by atoms with Crippen LogP contribution >= 0.6 is 7.82 Å². The Hall–Kier alpha value is -3.08. The minimum atomic E-state index is -4.73. The van der Waals surface area contributed by atoms with E-state index in [1.54, 1.807) is 0 Å². The van der Waals surface area contributed by atoms with Crippen molar-refractivity contribution in [3.8, 4) is 0 Å². The van der Waals surface area contributed by atoms with Gasteiger partial charge in [-0.15, -0.1) is 0 Å². The molecule has 0 aliphatic heterocycles. The van der Waals surface area contributed by atoms with Gasteiger partial charge in [0.1, 0.15) is 12.6 Å². The molecular formula is C48H82NO10P. The van der Waals surface area contributed by atoms with Crippen LogP contribution in [-0.4, -0.2) is 59.9 Å². The molecule has 60 heavy (non-hydrogen) atoms. The first-order valence-corrected chi connectivity index (χ1v) is 24.5. The molecule has 0 bridgehead atoms. The number of carbonyl (C=O) groups is 3. The molecule has 0 spiro atoms. The molecule has 0 rings (SSSR count). The van der Waals surface area contributed by atoms with Gasteiger partial charge in [0, 0.05) is 12.8 Å². The maximum Gasteiger partial charge on any atom is 0.472 e. The zero-order valence-corrected chi connectivity index (χ0v) is 38.2. The van der Waals surface area contributed by atoms with Gasteiger partial charge in [-0.1, -0.05) is 157 Å². The largest absolute Gasteiger partial charge is 0.480 e. The van der Waals surface area contributed by atoms with Gasteiger partial charge >= 0.3 is 25.7 Å². The lowest BCUT2D eigenvalue weighted by Gasteiger charge is -2.20. The third-order valence-electron chi connectivity index (χ3n) is 9.44. The molecule has 1 unspecified atom stereocenters. The number of carbonyl (C=O) groups excluding carboxylic acids is 2.